The van der Waals surface area contributed by atoms with Crippen LogP contribution >= 0.6 is 0 Å². The quantitative estimate of drug-likeness (QED) is 0.549. The van der Waals surface area contributed by atoms with Crippen molar-refractivity contribution in [3.63, 3.8) is 0 Å². The van der Waals surface area contributed by atoms with Gasteiger partial charge in [0.15, 0.2) is 0 Å². The molecule has 0 aromatic heterocycles. The standard InChI is InChI=1S/C8H16N2/c1-6-4-10-8(5-9-6)7-2-3-7/h6-10H,2-5H2,1H3. The maximum atomic E-state index is 3.57. The summed E-state index contributed by atoms with van der Waals surface area (Å²) in [6, 6.07) is 1.46. The van der Waals surface area contributed by atoms with Crippen LogP contribution in [0.1, 0.15) is 19.8 Å². The van der Waals surface area contributed by atoms with Crippen LogP contribution in [0, 0.1) is 5.92 Å². The third-order valence-corrected chi connectivity index (χ3v) is 2.56. The minimum Gasteiger partial charge on any atom is -0.311 e. The minimum atomic E-state index is 0.676. The molecule has 0 bridgehead atoms. The fourth-order valence-corrected chi connectivity index (χ4v) is 1.63. The van der Waals surface area contributed by atoms with Crippen LogP contribution in [0.15, 0.2) is 0 Å². The van der Waals surface area contributed by atoms with Gasteiger partial charge < -0.3 is 10.6 Å². The molecular formula is C8H16N2. The monoisotopic (exact) mass is 140 g/mol. The average molecular weight is 140 g/mol. The van der Waals surface area contributed by atoms with E-state index in [1.165, 1.54) is 19.4 Å². The van der Waals surface area contributed by atoms with Gasteiger partial charge in [0.25, 0.3) is 0 Å². The van der Waals surface area contributed by atoms with Crippen molar-refractivity contribution in [3.05, 3.63) is 0 Å². The fourth-order valence-electron chi connectivity index (χ4n) is 1.63. The Morgan fingerprint density at radius 1 is 1.10 bits per heavy atom. The summed E-state index contributed by atoms with van der Waals surface area (Å²) in [6.45, 7) is 4.57. The molecule has 0 radical (unpaired) electrons. The van der Waals surface area contributed by atoms with Crippen LogP contribution in [-0.2, 0) is 0 Å². The van der Waals surface area contributed by atoms with Gasteiger partial charge >= 0.3 is 0 Å². The van der Waals surface area contributed by atoms with Crippen molar-refractivity contribution in [3.8, 4) is 0 Å². The van der Waals surface area contributed by atoms with Gasteiger partial charge in [-0.3, -0.25) is 0 Å². The number of nitrogens with one attached hydrogen (secondary N) is 2. The zero-order valence-corrected chi connectivity index (χ0v) is 6.56. The summed E-state index contributed by atoms with van der Waals surface area (Å²) in [7, 11) is 0. The van der Waals surface area contributed by atoms with Gasteiger partial charge in [-0.15, -0.1) is 0 Å². The van der Waals surface area contributed by atoms with E-state index in [-0.39, 0.29) is 0 Å². The van der Waals surface area contributed by atoms with Crippen molar-refractivity contribution in [2.45, 2.75) is 31.8 Å². The highest BCUT2D eigenvalue weighted by atomic mass is 15.1. The van der Waals surface area contributed by atoms with Gasteiger partial charge in [0.1, 0.15) is 0 Å². The van der Waals surface area contributed by atoms with E-state index < -0.39 is 0 Å². The first-order valence-electron chi connectivity index (χ1n) is 4.33. The van der Waals surface area contributed by atoms with Gasteiger partial charge in [0.05, 0.1) is 0 Å². The van der Waals surface area contributed by atoms with Crippen LogP contribution in [-0.4, -0.2) is 25.2 Å². The second-order valence-corrected chi connectivity index (χ2v) is 3.66. The van der Waals surface area contributed by atoms with Crippen molar-refractivity contribution < 1.29 is 0 Å². The zero-order chi connectivity index (χ0) is 6.97. The number of piperazine rings is 1. The first-order valence-corrected chi connectivity index (χ1v) is 4.33. The van der Waals surface area contributed by atoms with Gasteiger partial charge in [0.2, 0.25) is 0 Å². The van der Waals surface area contributed by atoms with E-state index in [4.69, 9.17) is 0 Å². The summed E-state index contributed by atoms with van der Waals surface area (Å²) in [5, 5.41) is 7.06. The third-order valence-electron chi connectivity index (χ3n) is 2.56. The Kier molecular flexibility index (Phi) is 1.66. The SMILES string of the molecule is CC1CNC(C2CC2)CN1. The fraction of sp³-hybridized carbons (Fsp3) is 1.00. The average Bonchev–Trinajstić information content (AvgIpc) is 2.71. The van der Waals surface area contributed by atoms with E-state index >= 15 is 0 Å². The Balaban J connectivity index is 1.79. The van der Waals surface area contributed by atoms with E-state index in [9.17, 15) is 0 Å². The highest BCUT2D eigenvalue weighted by Crippen LogP contribution is 2.32. The summed E-state index contributed by atoms with van der Waals surface area (Å²) >= 11 is 0. The lowest BCUT2D eigenvalue weighted by Crippen LogP contribution is -2.53. The Morgan fingerprint density at radius 3 is 2.40 bits per heavy atom. The molecule has 2 N–H and O–H groups in total. The normalized spacial score (nSPS) is 41.7. The van der Waals surface area contributed by atoms with Crippen LogP contribution in [0.5, 0.6) is 0 Å². The van der Waals surface area contributed by atoms with Gasteiger partial charge in [-0.25, -0.2) is 0 Å². The molecular weight excluding hydrogens is 124 g/mol. The lowest BCUT2D eigenvalue weighted by atomic mass is 10.1. The summed E-state index contributed by atoms with van der Waals surface area (Å²) in [6.07, 6.45) is 2.90. The van der Waals surface area contributed by atoms with Gasteiger partial charge in [-0.1, -0.05) is 0 Å². The van der Waals surface area contributed by atoms with Crippen LogP contribution < -0.4 is 10.6 Å². The molecule has 2 rings (SSSR count). The van der Waals surface area contributed by atoms with Crippen molar-refractivity contribution in [1.29, 1.82) is 0 Å². The first-order chi connectivity index (χ1) is 4.86. The van der Waals surface area contributed by atoms with E-state index in [1.54, 1.807) is 0 Å². The summed E-state index contributed by atoms with van der Waals surface area (Å²) in [4.78, 5) is 0. The molecule has 2 atom stereocenters. The Morgan fingerprint density at radius 2 is 1.90 bits per heavy atom. The van der Waals surface area contributed by atoms with Crippen LogP contribution in [0.25, 0.3) is 0 Å². The van der Waals surface area contributed by atoms with E-state index in [0.29, 0.717) is 6.04 Å². The van der Waals surface area contributed by atoms with Crippen LogP contribution in [0.2, 0.25) is 0 Å². The van der Waals surface area contributed by atoms with Gasteiger partial charge in [-0.05, 0) is 25.7 Å². The topological polar surface area (TPSA) is 24.1 Å². The van der Waals surface area contributed by atoms with E-state index in [2.05, 4.69) is 17.6 Å². The molecule has 10 heavy (non-hydrogen) atoms. The van der Waals surface area contributed by atoms with Crippen molar-refractivity contribution in [2.24, 2.45) is 5.92 Å². The molecule has 0 spiro atoms. The number of hydrogen-bond acceptors (Lipinski definition) is 2. The Bertz CT molecular complexity index is 112. The third kappa shape index (κ3) is 1.32. The molecule has 1 saturated carbocycles. The molecule has 1 aliphatic heterocycles. The van der Waals surface area contributed by atoms with E-state index in [0.717, 1.165) is 18.5 Å². The Labute approximate surface area is 62.4 Å². The number of rotatable bonds is 1. The molecule has 2 unspecified atom stereocenters. The first kappa shape index (κ1) is 6.62. The predicted octanol–water partition coefficient (Wildman–Crippen LogP) is 0.346. The molecule has 2 heteroatoms. The molecule has 0 amide bonds. The predicted molar refractivity (Wildman–Crippen MR) is 42.0 cm³/mol. The lowest BCUT2D eigenvalue weighted by molar-refractivity contribution is 0.335. The largest absolute Gasteiger partial charge is 0.311 e. The number of hydrogen-bond donors (Lipinski definition) is 2. The zero-order valence-electron chi connectivity index (χ0n) is 6.56. The maximum absolute atomic E-state index is 3.57. The van der Waals surface area contributed by atoms with Crippen molar-refractivity contribution in [1.82, 2.24) is 10.6 Å². The molecule has 58 valence electrons. The van der Waals surface area contributed by atoms with E-state index in [1.807, 2.05) is 0 Å². The molecule has 0 aromatic rings. The second kappa shape index (κ2) is 2.51. The molecule has 2 aliphatic rings. The maximum Gasteiger partial charge on any atom is 0.0221 e. The molecule has 1 saturated heterocycles. The van der Waals surface area contributed by atoms with Crippen LogP contribution in [0.4, 0.5) is 0 Å². The van der Waals surface area contributed by atoms with Gasteiger partial charge in [-0.2, -0.15) is 0 Å². The van der Waals surface area contributed by atoms with Crippen molar-refractivity contribution in [2.75, 3.05) is 13.1 Å². The highest BCUT2D eigenvalue weighted by Gasteiger charge is 2.32. The molecule has 1 aliphatic carbocycles. The summed E-state index contributed by atoms with van der Waals surface area (Å²) in [5.41, 5.74) is 0. The summed E-state index contributed by atoms with van der Waals surface area (Å²) < 4.78 is 0. The molecule has 0 aromatic carbocycles. The van der Waals surface area contributed by atoms with Crippen LogP contribution in [0.3, 0.4) is 0 Å². The molecule has 2 fully saturated rings. The van der Waals surface area contributed by atoms with Crippen molar-refractivity contribution >= 4 is 0 Å². The second-order valence-electron chi connectivity index (χ2n) is 3.66. The lowest BCUT2D eigenvalue weighted by Gasteiger charge is -2.29. The highest BCUT2D eigenvalue weighted by molar-refractivity contribution is 4.91. The summed E-state index contributed by atoms with van der Waals surface area (Å²) in [5.74, 6) is 1.000. The Hall–Kier alpha value is -0.0800. The minimum absolute atomic E-state index is 0.676. The molecule has 1 heterocycles. The van der Waals surface area contributed by atoms with Gasteiger partial charge in [0, 0.05) is 25.2 Å². The smallest absolute Gasteiger partial charge is 0.0221 e. The molecule has 2 nitrogen and oxygen atoms in total.